The quantitative estimate of drug-likeness (QED) is 0.910. The number of hydrogen-bond acceptors (Lipinski definition) is 3. The Labute approximate surface area is 125 Å². The minimum atomic E-state index is 0.0341. The first-order chi connectivity index (χ1) is 10.3. The molecule has 0 spiro atoms. The zero-order chi connectivity index (χ0) is 14.5. The molecule has 5 heteroatoms. The lowest BCUT2D eigenvalue weighted by molar-refractivity contribution is 0.171. The van der Waals surface area contributed by atoms with Gasteiger partial charge in [-0.3, -0.25) is 0 Å². The fourth-order valence-corrected chi connectivity index (χ4v) is 2.76. The molecule has 0 saturated carbocycles. The summed E-state index contributed by atoms with van der Waals surface area (Å²) in [7, 11) is 0. The molecule has 1 N–H and O–H groups in total. The standard InChI is InChI=1S/C16H22N2O3/c19-16(18-7-3-1-2-4-8-18)17-12-13-5-6-14-15(11-13)21-10-9-20-14/h5-6,11H,1-4,7-10,12H2,(H,17,19). The highest BCUT2D eigenvalue weighted by molar-refractivity contribution is 5.74. The Kier molecular flexibility index (Phi) is 4.48. The van der Waals surface area contributed by atoms with Gasteiger partial charge in [0.2, 0.25) is 0 Å². The van der Waals surface area contributed by atoms with E-state index in [4.69, 9.17) is 9.47 Å². The zero-order valence-electron chi connectivity index (χ0n) is 12.3. The molecule has 0 unspecified atom stereocenters. The Morgan fingerprint density at radius 2 is 1.76 bits per heavy atom. The van der Waals surface area contributed by atoms with E-state index < -0.39 is 0 Å². The lowest BCUT2D eigenvalue weighted by Crippen LogP contribution is -2.40. The number of benzene rings is 1. The molecule has 1 aromatic rings. The summed E-state index contributed by atoms with van der Waals surface area (Å²) < 4.78 is 11.0. The second-order valence-corrected chi connectivity index (χ2v) is 5.54. The van der Waals surface area contributed by atoms with Crippen LogP contribution in [-0.2, 0) is 6.54 Å². The summed E-state index contributed by atoms with van der Waals surface area (Å²) in [6.07, 6.45) is 4.67. The van der Waals surface area contributed by atoms with Crippen molar-refractivity contribution in [3.05, 3.63) is 23.8 Å². The van der Waals surface area contributed by atoms with Gasteiger partial charge in [0.15, 0.2) is 11.5 Å². The minimum Gasteiger partial charge on any atom is -0.486 e. The Balaban J connectivity index is 1.55. The number of likely N-dealkylation sites (tertiary alicyclic amines) is 1. The van der Waals surface area contributed by atoms with Crippen molar-refractivity contribution in [3.8, 4) is 11.5 Å². The Morgan fingerprint density at radius 3 is 2.52 bits per heavy atom. The summed E-state index contributed by atoms with van der Waals surface area (Å²) >= 11 is 0. The maximum Gasteiger partial charge on any atom is 0.317 e. The average Bonchev–Trinajstić information content (AvgIpc) is 2.81. The molecule has 1 saturated heterocycles. The molecule has 0 aromatic heterocycles. The number of nitrogens with one attached hydrogen (secondary N) is 1. The van der Waals surface area contributed by atoms with Crippen LogP contribution in [0.2, 0.25) is 0 Å². The predicted octanol–water partition coefficient (Wildman–Crippen LogP) is 2.54. The summed E-state index contributed by atoms with van der Waals surface area (Å²) in [5.41, 5.74) is 1.03. The SMILES string of the molecule is O=C(NCc1ccc2c(c1)OCCO2)N1CCCCCC1. The lowest BCUT2D eigenvalue weighted by Gasteiger charge is -2.21. The number of hydrogen-bond donors (Lipinski definition) is 1. The van der Waals surface area contributed by atoms with Crippen LogP contribution in [0.5, 0.6) is 11.5 Å². The summed E-state index contributed by atoms with van der Waals surface area (Å²) in [5, 5.41) is 2.99. The van der Waals surface area contributed by atoms with E-state index in [1.54, 1.807) is 0 Å². The summed E-state index contributed by atoms with van der Waals surface area (Å²) in [4.78, 5) is 14.1. The van der Waals surface area contributed by atoms with Crippen LogP contribution in [0.4, 0.5) is 4.79 Å². The van der Waals surface area contributed by atoms with Gasteiger partial charge in [0.1, 0.15) is 13.2 Å². The van der Waals surface area contributed by atoms with Crippen LogP contribution < -0.4 is 14.8 Å². The van der Waals surface area contributed by atoms with E-state index >= 15 is 0 Å². The number of amides is 2. The summed E-state index contributed by atoms with van der Waals surface area (Å²) in [6.45, 7) is 3.43. The van der Waals surface area contributed by atoms with E-state index in [9.17, 15) is 4.79 Å². The van der Waals surface area contributed by atoms with E-state index in [2.05, 4.69) is 5.32 Å². The fraction of sp³-hybridized carbons (Fsp3) is 0.562. The average molecular weight is 290 g/mol. The highest BCUT2D eigenvalue weighted by Crippen LogP contribution is 2.30. The molecule has 3 rings (SSSR count). The topological polar surface area (TPSA) is 50.8 Å². The molecule has 2 amide bonds. The molecule has 0 bridgehead atoms. The van der Waals surface area contributed by atoms with Crippen LogP contribution in [0.25, 0.3) is 0 Å². The highest BCUT2D eigenvalue weighted by atomic mass is 16.6. The van der Waals surface area contributed by atoms with Crippen LogP contribution in [0.3, 0.4) is 0 Å². The maximum absolute atomic E-state index is 12.2. The third kappa shape index (κ3) is 3.60. The number of ether oxygens (including phenoxy) is 2. The second kappa shape index (κ2) is 6.70. The van der Waals surface area contributed by atoms with Gasteiger partial charge in [-0.2, -0.15) is 0 Å². The highest BCUT2D eigenvalue weighted by Gasteiger charge is 2.16. The van der Waals surface area contributed by atoms with Crippen molar-refractivity contribution in [2.75, 3.05) is 26.3 Å². The number of rotatable bonds is 2. The van der Waals surface area contributed by atoms with Gasteiger partial charge in [0.05, 0.1) is 0 Å². The summed E-state index contributed by atoms with van der Waals surface area (Å²) in [6, 6.07) is 5.85. The number of carbonyl (C=O) groups excluding carboxylic acids is 1. The van der Waals surface area contributed by atoms with Crippen molar-refractivity contribution in [2.24, 2.45) is 0 Å². The zero-order valence-corrected chi connectivity index (χ0v) is 12.3. The number of fused-ring (bicyclic) bond motifs is 1. The van der Waals surface area contributed by atoms with Gasteiger partial charge in [0, 0.05) is 19.6 Å². The van der Waals surface area contributed by atoms with Crippen molar-refractivity contribution < 1.29 is 14.3 Å². The van der Waals surface area contributed by atoms with Crippen LogP contribution in [0.15, 0.2) is 18.2 Å². The first-order valence-electron chi connectivity index (χ1n) is 7.74. The monoisotopic (exact) mass is 290 g/mol. The van der Waals surface area contributed by atoms with Crippen molar-refractivity contribution in [1.29, 1.82) is 0 Å². The van der Waals surface area contributed by atoms with Gasteiger partial charge in [-0.15, -0.1) is 0 Å². The molecule has 1 aromatic carbocycles. The lowest BCUT2D eigenvalue weighted by atomic mass is 10.2. The van der Waals surface area contributed by atoms with Crippen molar-refractivity contribution in [1.82, 2.24) is 10.2 Å². The van der Waals surface area contributed by atoms with E-state index in [-0.39, 0.29) is 6.03 Å². The fourth-order valence-electron chi connectivity index (χ4n) is 2.76. The minimum absolute atomic E-state index is 0.0341. The maximum atomic E-state index is 12.2. The van der Waals surface area contributed by atoms with Crippen LogP contribution in [-0.4, -0.2) is 37.2 Å². The van der Waals surface area contributed by atoms with Crippen LogP contribution >= 0.6 is 0 Å². The third-order valence-electron chi connectivity index (χ3n) is 3.94. The Bertz CT molecular complexity index is 496. The van der Waals surface area contributed by atoms with E-state index in [1.807, 2.05) is 23.1 Å². The van der Waals surface area contributed by atoms with Crippen molar-refractivity contribution in [3.63, 3.8) is 0 Å². The van der Waals surface area contributed by atoms with Gasteiger partial charge in [-0.05, 0) is 30.5 Å². The molecule has 1 fully saturated rings. The molecule has 0 aliphatic carbocycles. The molecule has 0 atom stereocenters. The molecule has 2 heterocycles. The molecule has 0 radical (unpaired) electrons. The molecule has 114 valence electrons. The van der Waals surface area contributed by atoms with Gasteiger partial charge < -0.3 is 19.7 Å². The smallest absolute Gasteiger partial charge is 0.317 e. The van der Waals surface area contributed by atoms with Gasteiger partial charge in [-0.25, -0.2) is 4.79 Å². The Morgan fingerprint density at radius 1 is 1.05 bits per heavy atom. The largest absolute Gasteiger partial charge is 0.486 e. The Hall–Kier alpha value is -1.91. The predicted molar refractivity (Wildman–Crippen MR) is 79.7 cm³/mol. The molecular formula is C16H22N2O3. The van der Waals surface area contributed by atoms with Gasteiger partial charge >= 0.3 is 6.03 Å². The molecule has 21 heavy (non-hydrogen) atoms. The molecule has 2 aliphatic rings. The van der Waals surface area contributed by atoms with Crippen LogP contribution in [0, 0.1) is 0 Å². The number of carbonyl (C=O) groups is 1. The summed E-state index contributed by atoms with van der Waals surface area (Å²) in [5.74, 6) is 1.55. The van der Waals surface area contributed by atoms with E-state index in [0.29, 0.717) is 19.8 Å². The van der Waals surface area contributed by atoms with Gasteiger partial charge in [0.25, 0.3) is 0 Å². The molecular weight excluding hydrogens is 268 g/mol. The van der Waals surface area contributed by atoms with Gasteiger partial charge in [-0.1, -0.05) is 18.9 Å². The first-order valence-corrected chi connectivity index (χ1v) is 7.74. The third-order valence-corrected chi connectivity index (χ3v) is 3.94. The van der Waals surface area contributed by atoms with Crippen molar-refractivity contribution in [2.45, 2.75) is 32.2 Å². The van der Waals surface area contributed by atoms with Crippen LogP contribution in [0.1, 0.15) is 31.2 Å². The van der Waals surface area contributed by atoms with E-state index in [0.717, 1.165) is 43.0 Å². The molecule has 5 nitrogen and oxygen atoms in total. The first kappa shape index (κ1) is 14.0. The van der Waals surface area contributed by atoms with E-state index in [1.165, 1.54) is 12.8 Å². The molecule has 2 aliphatic heterocycles. The van der Waals surface area contributed by atoms with Crippen molar-refractivity contribution >= 4 is 6.03 Å². The second-order valence-electron chi connectivity index (χ2n) is 5.54. The number of urea groups is 1. The number of nitrogens with zero attached hydrogens (tertiary/aromatic N) is 1. The normalized spacial score (nSPS) is 18.0.